The summed E-state index contributed by atoms with van der Waals surface area (Å²) < 4.78 is 29.9. The van der Waals surface area contributed by atoms with Gasteiger partial charge >= 0.3 is 0 Å². The summed E-state index contributed by atoms with van der Waals surface area (Å²) in [5.41, 5.74) is 0.512. The Labute approximate surface area is 132 Å². The normalized spacial score (nSPS) is 13.4. The van der Waals surface area contributed by atoms with Gasteiger partial charge < -0.3 is 9.52 Å². The molecule has 1 aromatic carbocycles. The number of aliphatic hydroxyl groups excluding tert-OH is 1. The fourth-order valence-electron chi connectivity index (χ4n) is 1.93. The van der Waals surface area contributed by atoms with Gasteiger partial charge in [-0.25, -0.2) is 13.4 Å². The lowest BCUT2D eigenvalue weighted by atomic mass is 10.2. The van der Waals surface area contributed by atoms with Crippen LogP contribution < -0.4 is 0 Å². The highest BCUT2D eigenvalue weighted by atomic mass is 32.2. The molecule has 0 aliphatic carbocycles. The molecule has 0 radical (unpaired) electrons. The smallest absolute Gasteiger partial charge is 0.239 e. The quantitative estimate of drug-likeness (QED) is 0.740. The summed E-state index contributed by atoms with van der Waals surface area (Å²) in [6, 6.07) is 9.42. The molecule has 0 fully saturated rings. The predicted octanol–water partition coefficient (Wildman–Crippen LogP) is 1.98. The highest BCUT2D eigenvalue weighted by Crippen LogP contribution is 2.23. The van der Waals surface area contributed by atoms with E-state index in [-0.39, 0.29) is 9.99 Å². The Bertz CT molecular complexity index is 899. The minimum absolute atomic E-state index is 0.155. The van der Waals surface area contributed by atoms with Crippen LogP contribution in [0.3, 0.4) is 0 Å². The van der Waals surface area contributed by atoms with Crippen molar-refractivity contribution in [3.05, 3.63) is 66.5 Å². The highest BCUT2D eigenvalue weighted by Gasteiger charge is 2.21. The Kier molecular flexibility index (Phi) is 4.09. The van der Waals surface area contributed by atoms with Crippen LogP contribution >= 0.6 is 0 Å². The van der Waals surface area contributed by atoms with Crippen molar-refractivity contribution in [1.29, 1.82) is 0 Å². The van der Waals surface area contributed by atoms with E-state index < -0.39 is 15.9 Å². The van der Waals surface area contributed by atoms with Gasteiger partial charge in [0.15, 0.2) is 5.82 Å². The number of H-pyrrole nitrogens is 1. The lowest BCUT2D eigenvalue weighted by Gasteiger charge is -1.99. The SMILES string of the molecule is O=S(=O)(c1ccccc1)c1cc(C=CC(O)c2ncn[nH]2)co1. The van der Waals surface area contributed by atoms with Gasteiger partial charge in [0.25, 0.3) is 0 Å². The molecule has 7 nitrogen and oxygen atoms in total. The molecule has 3 aromatic rings. The van der Waals surface area contributed by atoms with E-state index in [2.05, 4.69) is 15.2 Å². The lowest BCUT2D eigenvalue weighted by molar-refractivity contribution is 0.219. The van der Waals surface area contributed by atoms with E-state index in [1.54, 1.807) is 24.3 Å². The fourth-order valence-corrected chi connectivity index (χ4v) is 3.14. The number of furan rings is 1. The average Bonchev–Trinajstić information content (AvgIpc) is 3.25. The molecule has 1 atom stereocenters. The molecule has 0 spiro atoms. The lowest BCUT2D eigenvalue weighted by Crippen LogP contribution is -1.99. The Hall–Kier alpha value is -2.71. The van der Waals surface area contributed by atoms with Crippen LogP contribution in [0.15, 0.2) is 69.5 Å². The summed E-state index contributed by atoms with van der Waals surface area (Å²) in [5.74, 6) is 0.293. The van der Waals surface area contributed by atoms with Gasteiger partial charge in [-0.15, -0.1) is 0 Å². The molecule has 0 bridgehead atoms. The van der Waals surface area contributed by atoms with Crippen LogP contribution in [-0.4, -0.2) is 28.7 Å². The van der Waals surface area contributed by atoms with E-state index in [1.165, 1.54) is 36.9 Å². The third-order valence-electron chi connectivity index (χ3n) is 3.10. The number of hydrogen-bond acceptors (Lipinski definition) is 6. The monoisotopic (exact) mass is 331 g/mol. The number of aromatic amines is 1. The first kappa shape index (κ1) is 15.2. The van der Waals surface area contributed by atoms with Crippen molar-refractivity contribution in [3.63, 3.8) is 0 Å². The number of nitrogens with one attached hydrogen (secondary N) is 1. The summed E-state index contributed by atoms with van der Waals surface area (Å²) in [5, 5.41) is 15.9. The fraction of sp³-hybridized carbons (Fsp3) is 0.0667. The molecule has 2 heterocycles. The number of rotatable bonds is 5. The molecule has 2 aromatic heterocycles. The van der Waals surface area contributed by atoms with Gasteiger partial charge in [-0.1, -0.05) is 24.3 Å². The summed E-state index contributed by atoms with van der Waals surface area (Å²) in [6.45, 7) is 0. The van der Waals surface area contributed by atoms with Gasteiger partial charge in [0.2, 0.25) is 14.9 Å². The van der Waals surface area contributed by atoms with Crippen molar-refractivity contribution in [2.45, 2.75) is 16.1 Å². The molecule has 0 saturated heterocycles. The first-order chi connectivity index (χ1) is 11.1. The van der Waals surface area contributed by atoms with Gasteiger partial charge in [-0.2, -0.15) is 5.10 Å². The van der Waals surface area contributed by atoms with Crippen molar-refractivity contribution in [1.82, 2.24) is 15.2 Å². The number of nitrogens with zero attached hydrogens (tertiary/aromatic N) is 2. The Morgan fingerprint density at radius 2 is 2.04 bits per heavy atom. The maximum atomic E-state index is 12.4. The molecule has 3 rings (SSSR count). The van der Waals surface area contributed by atoms with E-state index in [0.717, 1.165) is 0 Å². The zero-order valence-corrected chi connectivity index (χ0v) is 12.6. The minimum atomic E-state index is -3.69. The molecule has 8 heteroatoms. The van der Waals surface area contributed by atoms with Crippen molar-refractivity contribution < 1.29 is 17.9 Å². The van der Waals surface area contributed by atoms with Gasteiger partial charge in [0.1, 0.15) is 12.4 Å². The second kappa shape index (κ2) is 6.19. The van der Waals surface area contributed by atoms with Crippen LogP contribution in [0.2, 0.25) is 0 Å². The van der Waals surface area contributed by atoms with Crippen LogP contribution in [-0.2, 0) is 9.84 Å². The Morgan fingerprint density at radius 1 is 1.26 bits per heavy atom. The van der Waals surface area contributed by atoms with Crippen molar-refractivity contribution in [3.8, 4) is 0 Å². The minimum Gasteiger partial charge on any atom is -0.452 e. The Balaban J connectivity index is 1.81. The van der Waals surface area contributed by atoms with E-state index in [4.69, 9.17) is 4.42 Å². The third-order valence-corrected chi connectivity index (χ3v) is 4.74. The standard InChI is InChI=1S/C15H13N3O4S/c19-13(15-16-10-17-18-15)7-6-11-8-14(22-9-11)23(20,21)12-4-2-1-3-5-12/h1-10,13,19H,(H,16,17,18). The molecule has 118 valence electrons. The van der Waals surface area contributed by atoms with E-state index in [1.807, 2.05) is 0 Å². The zero-order chi connectivity index (χ0) is 16.3. The topological polar surface area (TPSA) is 109 Å². The van der Waals surface area contributed by atoms with Gasteiger partial charge in [0.05, 0.1) is 11.2 Å². The summed E-state index contributed by atoms with van der Waals surface area (Å²) >= 11 is 0. The Morgan fingerprint density at radius 3 is 2.74 bits per heavy atom. The average molecular weight is 331 g/mol. The molecule has 1 unspecified atom stereocenters. The van der Waals surface area contributed by atoms with Crippen LogP contribution in [0.4, 0.5) is 0 Å². The number of sulfone groups is 1. The first-order valence-corrected chi connectivity index (χ1v) is 8.16. The number of benzene rings is 1. The molecular weight excluding hydrogens is 318 g/mol. The number of aliphatic hydroxyl groups is 1. The van der Waals surface area contributed by atoms with Crippen LogP contribution in [0.1, 0.15) is 17.5 Å². The van der Waals surface area contributed by atoms with Crippen molar-refractivity contribution in [2.24, 2.45) is 0 Å². The van der Waals surface area contributed by atoms with E-state index in [0.29, 0.717) is 11.4 Å². The second-order valence-electron chi connectivity index (χ2n) is 4.69. The predicted molar refractivity (Wildman–Crippen MR) is 81.0 cm³/mol. The van der Waals surface area contributed by atoms with Crippen LogP contribution in [0.25, 0.3) is 6.08 Å². The van der Waals surface area contributed by atoms with Gasteiger partial charge in [-0.05, 0) is 18.2 Å². The molecule has 0 amide bonds. The van der Waals surface area contributed by atoms with Crippen molar-refractivity contribution in [2.75, 3.05) is 0 Å². The molecule has 23 heavy (non-hydrogen) atoms. The number of hydrogen-bond donors (Lipinski definition) is 2. The van der Waals surface area contributed by atoms with E-state index in [9.17, 15) is 13.5 Å². The molecule has 0 aliphatic rings. The molecule has 0 aliphatic heterocycles. The highest BCUT2D eigenvalue weighted by molar-refractivity contribution is 7.91. The molecule has 0 saturated carbocycles. The van der Waals surface area contributed by atoms with Crippen LogP contribution in [0, 0.1) is 0 Å². The third kappa shape index (κ3) is 3.22. The largest absolute Gasteiger partial charge is 0.452 e. The van der Waals surface area contributed by atoms with Crippen LogP contribution in [0.5, 0.6) is 0 Å². The summed E-state index contributed by atoms with van der Waals surface area (Å²) in [6.07, 6.45) is 4.61. The zero-order valence-electron chi connectivity index (χ0n) is 11.8. The molecular formula is C15H13N3O4S. The van der Waals surface area contributed by atoms with Gasteiger partial charge in [-0.3, -0.25) is 5.10 Å². The van der Waals surface area contributed by atoms with Gasteiger partial charge in [0, 0.05) is 11.6 Å². The van der Waals surface area contributed by atoms with E-state index >= 15 is 0 Å². The summed E-state index contributed by atoms with van der Waals surface area (Å²) in [4.78, 5) is 3.98. The maximum Gasteiger partial charge on any atom is 0.239 e. The van der Waals surface area contributed by atoms with Crippen molar-refractivity contribution >= 4 is 15.9 Å². The first-order valence-electron chi connectivity index (χ1n) is 6.67. The molecule has 2 N–H and O–H groups in total. The second-order valence-corrected chi connectivity index (χ2v) is 6.57. The number of aromatic nitrogens is 3. The summed E-state index contributed by atoms with van der Waals surface area (Å²) in [7, 11) is -3.69. The maximum absolute atomic E-state index is 12.4.